The molecule has 0 spiro atoms. The van der Waals surface area contributed by atoms with E-state index in [-0.39, 0.29) is 0 Å². The molecule has 5 unspecified atom stereocenters. The van der Waals surface area contributed by atoms with Crippen molar-refractivity contribution in [1.29, 1.82) is 0 Å². The van der Waals surface area contributed by atoms with Crippen LogP contribution in [-0.2, 0) is 33.3 Å². The van der Waals surface area contributed by atoms with Gasteiger partial charge in [-0.3, -0.25) is 14.4 Å². The fraction of sp³-hybridized carbons (Fsp3) is 0.526. The lowest BCUT2D eigenvalue weighted by Gasteiger charge is -2.43. The van der Waals surface area contributed by atoms with E-state index in [9.17, 15) is 14.4 Å². The second-order valence-corrected chi connectivity index (χ2v) is 6.20. The van der Waals surface area contributed by atoms with Crippen LogP contribution in [0.4, 0.5) is 0 Å². The third kappa shape index (κ3) is 5.35. The maximum Gasteiger partial charge on any atom is 0.303 e. The number of ether oxygens (including phenoxy) is 6. The molecule has 1 aliphatic heterocycles. The van der Waals surface area contributed by atoms with E-state index in [2.05, 4.69) is 0 Å². The van der Waals surface area contributed by atoms with Gasteiger partial charge in [-0.25, -0.2) is 0 Å². The lowest BCUT2D eigenvalue weighted by molar-refractivity contribution is -0.280. The summed E-state index contributed by atoms with van der Waals surface area (Å²) in [5.41, 5.74) is 0. The quantitative estimate of drug-likeness (QED) is 0.523. The molecule has 1 fully saturated rings. The van der Waals surface area contributed by atoms with Crippen molar-refractivity contribution < 1.29 is 42.8 Å². The Morgan fingerprint density at radius 2 is 1.32 bits per heavy atom. The highest BCUT2D eigenvalue weighted by molar-refractivity contribution is 5.68. The minimum atomic E-state index is -1.17. The molecule has 0 aromatic heterocycles. The third-order valence-corrected chi connectivity index (χ3v) is 3.95. The molecule has 1 heterocycles. The van der Waals surface area contributed by atoms with Crippen LogP contribution in [0.1, 0.15) is 27.7 Å². The number of esters is 3. The Kier molecular flexibility index (Phi) is 7.22. The number of hydrogen-bond donors (Lipinski definition) is 0. The SMILES string of the molecule is COc1ccccc1OC1OC(C)C(OC(C)=O)C(OC(C)=O)C1OC(C)=O. The van der Waals surface area contributed by atoms with Crippen LogP contribution in [0.5, 0.6) is 11.5 Å². The zero-order valence-corrected chi connectivity index (χ0v) is 16.4. The van der Waals surface area contributed by atoms with Gasteiger partial charge in [0.2, 0.25) is 12.4 Å². The summed E-state index contributed by atoms with van der Waals surface area (Å²) in [6.07, 6.45) is -5.12. The monoisotopic (exact) mass is 396 g/mol. The van der Waals surface area contributed by atoms with Crippen molar-refractivity contribution in [3.05, 3.63) is 24.3 Å². The van der Waals surface area contributed by atoms with Gasteiger partial charge >= 0.3 is 17.9 Å². The van der Waals surface area contributed by atoms with Crippen molar-refractivity contribution in [2.75, 3.05) is 7.11 Å². The number of hydrogen-bond acceptors (Lipinski definition) is 9. The second kappa shape index (κ2) is 9.41. The van der Waals surface area contributed by atoms with Gasteiger partial charge in [0, 0.05) is 20.8 Å². The fourth-order valence-electron chi connectivity index (χ4n) is 2.91. The summed E-state index contributed by atoms with van der Waals surface area (Å²) < 4.78 is 32.8. The summed E-state index contributed by atoms with van der Waals surface area (Å²) in [6.45, 7) is 5.25. The highest BCUT2D eigenvalue weighted by Crippen LogP contribution is 2.33. The Morgan fingerprint density at radius 3 is 1.86 bits per heavy atom. The Morgan fingerprint density at radius 1 is 0.821 bits per heavy atom. The van der Waals surface area contributed by atoms with Gasteiger partial charge in [0.25, 0.3) is 0 Å². The topological polar surface area (TPSA) is 107 Å². The van der Waals surface area contributed by atoms with Crippen molar-refractivity contribution in [2.24, 2.45) is 0 Å². The van der Waals surface area contributed by atoms with Gasteiger partial charge in [-0.2, -0.15) is 0 Å². The molecule has 1 saturated heterocycles. The summed E-state index contributed by atoms with van der Waals surface area (Å²) in [5, 5.41) is 0. The van der Waals surface area contributed by atoms with E-state index in [1.54, 1.807) is 31.2 Å². The van der Waals surface area contributed by atoms with E-state index in [0.29, 0.717) is 11.5 Å². The van der Waals surface area contributed by atoms with Crippen LogP contribution in [0, 0.1) is 0 Å². The lowest BCUT2D eigenvalue weighted by Crippen LogP contribution is -2.62. The Bertz CT molecular complexity index is 717. The fourth-order valence-corrected chi connectivity index (χ4v) is 2.91. The van der Waals surface area contributed by atoms with Crippen molar-refractivity contribution in [3.63, 3.8) is 0 Å². The molecular formula is C19H24O9. The molecule has 1 aromatic rings. The minimum absolute atomic E-state index is 0.340. The smallest absolute Gasteiger partial charge is 0.303 e. The van der Waals surface area contributed by atoms with Crippen LogP contribution in [0.15, 0.2) is 24.3 Å². The maximum absolute atomic E-state index is 11.7. The molecule has 1 aliphatic rings. The number of rotatable bonds is 6. The first-order chi connectivity index (χ1) is 13.2. The van der Waals surface area contributed by atoms with Crippen LogP contribution in [0.25, 0.3) is 0 Å². The predicted molar refractivity (Wildman–Crippen MR) is 94.6 cm³/mol. The molecule has 0 bridgehead atoms. The average molecular weight is 396 g/mol. The molecule has 154 valence electrons. The molecular weight excluding hydrogens is 372 g/mol. The van der Waals surface area contributed by atoms with E-state index in [1.165, 1.54) is 27.9 Å². The van der Waals surface area contributed by atoms with Crippen molar-refractivity contribution in [1.82, 2.24) is 0 Å². The summed E-state index contributed by atoms with van der Waals surface area (Å²) in [7, 11) is 1.48. The molecule has 9 nitrogen and oxygen atoms in total. The number of para-hydroxylation sites is 2. The molecule has 0 aliphatic carbocycles. The first-order valence-corrected chi connectivity index (χ1v) is 8.69. The van der Waals surface area contributed by atoms with Crippen LogP contribution >= 0.6 is 0 Å². The van der Waals surface area contributed by atoms with Crippen LogP contribution < -0.4 is 9.47 Å². The Balaban J connectivity index is 2.38. The molecule has 28 heavy (non-hydrogen) atoms. The summed E-state index contributed by atoms with van der Waals surface area (Å²) in [6, 6.07) is 6.83. The maximum atomic E-state index is 11.7. The first kappa shape index (κ1) is 21.5. The van der Waals surface area contributed by atoms with E-state index < -0.39 is 48.6 Å². The molecule has 0 N–H and O–H groups in total. The third-order valence-electron chi connectivity index (χ3n) is 3.95. The van der Waals surface area contributed by atoms with E-state index in [4.69, 9.17) is 28.4 Å². The number of benzene rings is 1. The minimum Gasteiger partial charge on any atom is -0.493 e. The Labute approximate surface area is 162 Å². The van der Waals surface area contributed by atoms with Gasteiger partial charge in [0.1, 0.15) is 0 Å². The highest BCUT2D eigenvalue weighted by Gasteiger charge is 2.51. The standard InChI is InChI=1S/C19H24O9/c1-10-16(25-11(2)20)17(26-12(3)21)18(27-13(4)22)19(24-10)28-15-9-7-6-8-14(15)23-5/h6-10,16-19H,1-5H3. The van der Waals surface area contributed by atoms with Crippen molar-refractivity contribution in [2.45, 2.75) is 58.4 Å². The second-order valence-electron chi connectivity index (χ2n) is 6.20. The van der Waals surface area contributed by atoms with Gasteiger partial charge in [-0.15, -0.1) is 0 Å². The molecule has 1 aromatic carbocycles. The summed E-state index contributed by atoms with van der Waals surface area (Å²) >= 11 is 0. The van der Waals surface area contributed by atoms with E-state index >= 15 is 0 Å². The van der Waals surface area contributed by atoms with Crippen molar-refractivity contribution >= 4 is 17.9 Å². The van der Waals surface area contributed by atoms with Gasteiger partial charge in [-0.1, -0.05) is 12.1 Å². The normalized spacial score (nSPS) is 26.7. The molecule has 0 saturated carbocycles. The van der Waals surface area contributed by atoms with Crippen LogP contribution in [-0.4, -0.2) is 55.7 Å². The molecule has 9 heteroatoms. The largest absolute Gasteiger partial charge is 0.493 e. The van der Waals surface area contributed by atoms with Gasteiger partial charge in [-0.05, 0) is 19.1 Å². The summed E-state index contributed by atoms with van der Waals surface area (Å²) in [4.78, 5) is 34.8. The van der Waals surface area contributed by atoms with Crippen LogP contribution in [0.2, 0.25) is 0 Å². The van der Waals surface area contributed by atoms with Crippen LogP contribution in [0.3, 0.4) is 0 Å². The van der Waals surface area contributed by atoms with Gasteiger partial charge in [0.15, 0.2) is 23.7 Å². The van der Waals surface area contributed by atoms with Gasteiger partial charge < -0.3 is 28.4 Å². The highest BCUT2D eigenvalue weighted by atomic mass is 16.7. The number of carbonyl (C=O) groups is 3. The average Bonchev–Trinajstić information content (AvgIpc) is 2.61. The zero-order chi connectivity index (χ0) is 20.8. The summed E-state index contributed by atoms with van der Waals surface area (Å²) in [5.74, 6) is -1.10. The van der Waals surface area contributed by atoms with Crippen molar-refractivity contribution in [3.8, 4) is 11.5 Å². The molecule has 5 atom stereocenters. The molecule has 0 amide bonds. The van der Waals surface area contributed by atoms with Gasteiger partial charge in [0.05, 0.1) is 13.2 Å². The van der Waals surface area contributed by atoms with E-state index in [0.717, 1.165) is 0 Å². The predicted octanol–water partition coefficient (Wildman–Crippen LogP) is 1.61. The first-order valence-electron chi connectivity index (χ1n) is 8.69. The Hall–Kier alpha value is -2.81. The molecule has 2 rings (SSSR count). The van der Waals surface area contributed by atoms with E-state index in [1.807, 2.05) is 0 Å². The zero-order valence-electron chi connectivity index (χ0n) is 16.4. The lowest BCUT2D eigenvalue weighted by atomic mass is 9.99. The number of methoxy groups -OCH3 is 1. The molecule has 0 radical (unpaired) electrons. The number of carbonyl (C=O) groups excluding carboxylic acids is 3.